The van der Waals surface area contributed by atoms with E-state index in [9.17, 15) is 13.5 Å². The number of sulfonamides is 1. The lowest BCUT2D eigenvalue weighted by Crippen LogP contribution is -2.36. The first-order valence-electron chi connectivity index (χ1n) is 9.34. The Bertz CT molecular complexity index is 1090. The highest BCUT2D eigenvalue weighted by Crippen LogP contribution is 2.36. The van der Waals surface area contributed by atoms with Gasteiger partial charge in [0.15, 0.2) is 5.84 Å². The fourth-order valence-corrected chi connectivity index (χ4v) is 4.65. The summed E-state index contributed by atoms with van der Waals surface area (Å²) in [4.78, 5) is 2.31. The largest absolute Gasteiger partial charge is 0.507 e. The van der Waals surface area contributed by atoms with Crippen molar-refractivity contribution in [2.45, 2.75) is 25.2 Å². The molecule has 2 aromatic rings. The van der Waals surface area contributed by atoms with Gasteiger partial charge in [-0.25, -0.2) is 0 Å². The van der Waals surface area contributed by atoms with E-state index in [1.165, 1.54) is 6.07 Å². The third kappa shape index (κ3) is 3.26. The van der Waals surface area contributed by atoms with E-state index in [0.29, 0.717) is 29.3 Å². The molecular formula is C21H23N3O3S. The van der Waals surface area contributed by atoms with Gasteiger partial charge >= 0.3 is 0 Å². The molecule has 146 valence electrons. The number of amidine groups is 1. The van der Waals surface area contributed by atoms with Crippen LogP contribution in [0.25, 0.3) is 5.76 Å². The summed E-state index contributed by atoms with van der Waals surface area (Å²) in [5, 5.41) is 14.0. The van der Waals surface area contributed by atoms with E-state index < -0.39 is 10.0 Å². The van der Waals surface area contributed by atoms with Crippen molar-refractivity contribution in [3.8, 4) is 0 Å². The topological polar surface area (TPSA) is 82.0 Å². The molecule has 0 aliphatic carbocycles. The molecule has 0 unspecified atom stereocenters. The van der Waals surface area contributed by atoms with E-state index in [0.717, 1.165) is 18.7 Å². The Balaban J connectivity index is 1.79. The Kier molecular flexibility index (Phi) is 4.63. The number of nitrogens with zero attached hydrogens (tertiary/aromatic N) is 2. The Labute approximate surface area is 165 Å². The molecule has 2 aliphatic rings. The maximum atomic E-state index is 12.6. The molecular weight excluding hydrogens is 374 g/mol. The Morgan fingerprint density at radius 3 is 2.64 bits per heavy atom. The Morgan fingerprint density at radius 1 is 1.14 bits per heavy atom. The zero-order valence-electron chi connectivity index (χ0n) is 15.9. The van der Waals surface area contributed by atoms with E-state index in [2.05, 4.69) is 28.5 Å². The summed E-state index contributed by atoms with van der Waals surface area (Å²) in [5.41, 5.74) is 2.60. The number of benzene rings is 2. The van der Waals surface area contributed by atoms with Crippen LogP contribution in [0.3, 0.4) is 0 Å². The number of aliphatic hydroxyl groups is 1. The summed E-state index contributed by atoms with van der Waals surface area (Å²) in [5.74, 6) is 0.782. The third-order valence-electron chi connectivity index (χ3n) is 5.03. The predicted octanol–water partition coefficient (Wildman–Crippen LogP) is 4.03. The summed E-state index contributed by atoms with van der Waals surface area (Å²) in [6.45, 7) is 5.53. The average molecular weight is 398 g/mol. The molecule has 0 fully saturated rings. The molecule has 7 heteroatoms. The number of rotatable bonds is 4. The van der Waals surface area contributed by atoms with Crippen LogP contribution in [0.4, 0.5) is 11.4 Å². The number of nitrogens with one attached hydrogen (secondary N) is 1. The van der Waals surface area contributed by atoms with E-state index in [4.69, 9.17) is 0 Å². The van der Waals surface area contributed by atoms with Crippen LogP contribution in [-0.4, -0.2) is 32.4 Å². The number of hydrogen-bond acceptors (Lipinski definition) is 5. The summed E-state index contributed by atoms with van der Waals surface area (Å²) in [7, 11) is -3.82. The zero-order valence-corrected chi connectivity index (χ0v) is 16.7. The molecule has 2 aliphatic heterocycles. The molecule has 0 amide bonds. The van der Waals surface area contributed by atoms with Crippen molar-refractivity contribution in [2.24, 2.45) is 10.3 Å². The van der Waals surface area contributed by atoms with Crippen molar-refractivity contribution in [1.82, 2.24) is 0 Å². The van der Waals surface area contributed by atoms with Gasteiger partial charge in [0.1, 0.15) is 10.7 Å². The van der Waals surface area contributed by atoms with Gasteiger partial charge < -0.3 is 15.3 Å². The van der Waals surface area contributed by atoms with Crippen molar-refractivity contribution < 1.29 is 13.5 Å². The normalized spacial score (nSPS) is 17.7. The van der Waals surface area contributed by atoms with Crippen LogP contribution in [0, 0.1) is 5.92 Å². The Hall–Kier alpha value is -2.80. The van der Waals surface area contributed by atoms with Crippen LogP contribution in [-0.2, 0) is 10.0 Å². The van der Waals surface area contributed by atoms with Crippen LogP contribution in [0.5, 0.6) is 0 Å². The summed E-state index contributed by atoms with van der Waals surface area (Å²) < 4.78 is 29.2. The van der Waals surface area contributed by atoms with Crippen LogP contribution in [0.2, 0.25) is 0 Å². The number of hydrogen-bond donors (Lipinski definition) is 2. The fourth-order valence-electron chi connectivity index (χ4n) is 3.51. The smallest absolute Gasteiger partial charge is 0.286 e. The van der Waals surface area contributed by atoms with Crippen molar-refractivity contribution >= 4 is 33.0 Å². The first-order chi connectivity index (χ1) is 13.4. The first kappa shape index (κ1) is 18.6. The predicted molar refractivity (Wildman–Crippen MR) is 112 cm³/mol. The van der Waals surface area contributed by atoms with E-state index in [1.54, 1.807) is 18.2 Å². The molecule has 0 radical (unpaired) electrons. The molecule has 0 spiro atoms. The highest BCUT2D eigenvalue weighted by Gasteiger charge is 2.32. The standard InChI is InChI=1S/C21H23N3O3S/c1-14(2)11-12-24-13-16(20(25)15-7-3-5-9-18(15)24)21-22-17-8-4-6-10-19(17)28(26,27)23-21/h3-10,14,25H,11-13H2,1-2H3,(H,22,23). The number of para-hydroxylation sites is 2. The molecule has 2 aromatic carbocycles. The maximum absolute atomic E-state index is 12.6. The minimum absolute atomic E-state index is 0.0669. The molecule has 0 atom stereocenters. The van der Waals surface area contributed by atoms with Crippen LogP contribution in [0.15, 0.2) is 63.4 Å². The molecule has 2 heterocycles. The van der Waals surface area contributed by atoms with E-state index >= 15 is 0 Å². The van der Waals surface area contributed by atoms with Gasteiger partial charge in [0, 0.05) is 17.8 Å². The van der Waals surface area contributed by atoms with Gasteiger partial charge in [0.25, 0.3) is 10.0 Å². The van der Waals surface area contributed by atoms with Gasteiger partial charge in [0.05, 0.1) is 17.8 Å². The fraction of sp³-hybridized carbons (Fsp3) is 0.286. The van der Waals surface area contributed by atoms with Crippen molar-refractivity contribution in [2.75, 3.05) is 23.3 Å². The van der Waals surface area contributed by atoms with Crippen LogP contribution >= 0.6 is 0 Å². The molecule has 0 aromatic heterocycles. The number of anilines is 2. The van der Waals surface area contributed by atoms with E-state index in [-0.39, 0.29) is 16.5 Å². The monoisotopic (exact) mass is 397 g/mol. The average Bonchev–Trinajstić information content (AvgIpc) is 2.67. The zero-order chi connectivity index (χ0) is 19.9. The highest BCUT2D eigenvalue weighted by molar-refractivity contribution is 7.90. The van der Waals surface area contributed by atoms with Gasteiger partial charge in [0.2, 0.25) is 0 Å². The SMILES string of the molecule is CC(C)CCN1CC(C2=NS(=O)(=O)c3ccccc3N2)=C(O)c2ccccc21. The van der Waals surface area contributed by atoms with Gasteiger partial charge in [-0.15, -0.1) is 4.40 Å². The van der Waals surface area contributed by atoms with Crippen LogP contribution < -0.4 is 10.2 Å². The summed E-state index contributed by atoms with van der Waals surface area (Å²) >= 11 is 0. The van der Waals surface area contributed by atoms with Gasteiger partial charge in [-0.1, -0.05) is 38.1 Å². The van der Waals surface area contributed by atoms with Gasteiger partial charge in [-0.2, -0.15) is 8.42 Å². The third-order valence-corrected chi connectivity index (χ3v) is 6.36. The molecule has 0 saturated carbocycles. The number of aliphatic hydroxyl groups excluding tert-OH is 1. The minimum atomic E-state index is -3.82. The second kappa shape index (κ2) is 6.98. The summed E-state index contributed by atoms with van der Waals surface area (Å²) in [6.07, 6.45) is 0.989. The van der Waals surface area contributed by atoms with Crippen molar-refractivity contribution in [1.29, 1.82) is 0 Å². The molecule has 28 heavy (non-hydrogen) atoms. The number of fused-ring (bicyclic) bond motifs is 2. The highest BCUT2D eigenvalue weighted by atomic mass is 32.2. The lowest BCUT2D eigenvalue weighted by molar-refractivity contribution is 0.502. The summed E-state index contributed by atoms with van der Waals surface area (Å²) in [6, 6.07) is 14.3. The van der Waals surface area contributed by atoms with Gasteiger partial charge in [-0.3, -0.25) is 0 Å². The minimum Gasteiger partial charge on any atom is -0.507 e. The molecule has 6 nitrogen and oxygen atoms in total. The maximum Gasteiger partial charge on any atom is 0.286 e. The van der Waals surface area contributed by atoms with Crippen LogP contribution in [0.1, 0.15) is 25.8 Å². The first-order valence-corrected chi connectivity index (χ1v) is 10.8. The molecule has 0 saturated heterocycles. The van der Waals surface area contributed by atoms with Crippen molar-refractivity contribution in [3.05, 3.63) is 59.7 Å². The molecule has 2 N–H and O–H groups in total. The van der Waals surface area contributed by atoms with Crippen molar-refractivity contribution in [3.63, 3.8) is 0 Å². The molecule has 4 rings (SSSR count). The quantitative estimate of drug-likeness (QED) is 0.814. The second-order valence-corrected chi connectivity index (χ2v) is 9.06. The Morgan fingerprint density at radius 2 is 1.86 bits per heavy atom. The lowest BCUT2D eigenvalue weighted by atomic mass is 9.98. The lowest BCUT2D eigenvalue weighted by Gasteiger charge is -2.34. The second-order valence-electron chi connectivity index (χ2n) is 7.48. The molecule has 0 bridgehead atoms. The van der Waals surface area contributed by atoms with E-state index in [1.807, 2.05) is 24.3 Å². The van der Waals surface area contributed by atoms with Gasteiger partial charge in [-0.05, 0) is 36.6 Å².